The second-order valence-corrected chi connectivity index (χ2v) is 5.72. The van der Waals surface area contributed by atoms with Crippen LogP contribution < -0.4 is 9.47 Å². The first-order valence-electron chi connectivity index (χ1n) is 8.14. The van der Waals surface area contributed by atoms with E-state index in [2.05, 4.69) is 13.8 Å². The first-order chi connectivity index (χ1) is 11.1. The molecule has 0 fully saturated rings. The number of hydrogen-bond donors (Lipinski definition) is 0. The Labute approximate surface area is 138 Å². The molecule has 0 spiro atoms. The first-order valence-corrected chi connectivity index (χ1v) is 8.14. The van der Waals surface area contributed by atoms with Gasteiger partial charge < -0.3 is 9.47 Å². The number of aryl methyl sites for hydroxylation is 1. The minimum atomic E-state index is -0.361. The number of rotatable bonds is 7. The molecule has 0 saturated heterocycles. The van der Waals surface area contributed by atoms with Crippen molar-refractivity contribution in [2.75, 3.05) is 6.61 Å². The number of carbonyl (C=O) groups is 1. The Bertz CT molecular complexity index is 610. The molecule has 23 heavy (non-hydrogen) atoms. The van der Waals surface area contributed by atoms with Crippen molar-refractivity contribution in [2.24, 2.45) is 5.92 Å². The van der Waals surface area contributed by atoms with Crippen LogP contribution in [-0.4, -0.2) is 12.6 Å². The fourth-order valence-corrected chi connectivity index (χ4v) is 2.20. The fraction of sp³-hybridized carbons (Fsp3) is 0.350. The van der Waals surface area contributed by atoms with Gasteiger partial charge in [-0.05, 0) is 49.2 Å². The van der Waals surface area contributed by atoms with E-state index in [1.54, 1.807) is 24.3 Å². The molecule has 0 bridgehead atoms. The zero-order chi connectivity index (χ0) is 16.7. The van der Waals surface area contributed by atoms with Gasteiger partial charge in [0.25, 0.3) is 0 Å². The molecular weight excluding hydrogens is 288 g/mol. The third-order valence-electron chi connectivity index (χ3n) is 3.96. The standard InChI is InChI=1S/C20H24O3/c1-4-16(5-2)14-22-18-12-8-17(9-13-18)20(21)23-19-10-6-15(3)7-11-19/h6-13,16H,4-5,14H2,1-3H3. The van der Waals surface area contributed by atoms with Crippen LogP contribution in [0.25, 0.3) is 0 Å². The molecule has 0 aliphatic rings. The van der Waals surface area contributed by atoms with Gasteiger partial charge in [0.2, 0.25) is 0 Å². The summed E-state index contributed by atoms with van der Waals surface area (Å²) in [7, 11) is 0. The van der Waals surface area contributed by atoms with Crippen molar-refractivity contribution in [3.8, 4) is 11.5 Å². The van der Waals surface area contributed by atoms with Gasteiger partial charge in [0.15, 0.2) is 0 Å². The molecule has 2 aromatic carbocycles. The lowest BCUT2D eigenvalue weighted by Gasteiger charge is -2.13. The summed E-state index contributed by atoms with van der Waals surface area (Å²) >= 11 is 0. The predicted octanol–water partition coefficient (Wildman–Crippen LogP) is 5.03. The van der Waals surface area contributed by atoms with Crippen molar-refractivity contribution in [3.63, 3.8) is 0 Å². The largest absolute Gasteiger partial charge is 0.493 e. The van der Waals surface area contributed by atoms with Gasteiger partial charge in [0, 0.05) is 0 Å². The zero-order valence-corrected chi connectivity index (χ0v) is 14.0. The maximum atomic E-state index is 12.1. The Morgan fingerprint density at radius 2 is 1.48 bits per heavy atom. The highest BCUT2D eigenvalue weighted by atomic mass is 16.5. The lowest BCUT2D eigenvalue weighted by Crippen LogP contribution is -2.11. The number of esters is 1. The predicted molar refractivity (Wildman–Crippen MR) is 92.1 cm³/mol. The molecular formula is C20H24O3. The van der Waals surface area contributed by atoms with Crippen molar-refractivity contribution < 1.29 is 14.3 Å². The van der Waals surface area contributed by atoms with E-state index in [0.29, 0.717) is 23.8 Å². The monoisotopic (exact) mass is 312 g/mol. The maximum Gasteiger partial charge on any atom is 0.343 e. The fourth-order valence-electron chi connectivity index (χ4n) is 2.20. The molecule has 0 radical (unpaired) electrons. The van der Waals surface area contributed by atoms with Gasteiger partial charge in [-0.25, -0.2) is 4.79 Å². The topological polar surface area (TPSA) is 35.5 Å². The molecule has 0 saturated carbocycles. The molecule has 0 aromatic heterocycles. The SMILES string of the molecule is CCC(CC)COc1ccc(C(=O)Oc2ccc(C)cc2)cc1. The minimum Gasteiger partial charge on any atom is -0.493 e. The third kappa shape index (κ3) is 5.13. The van der Waals surface area contributed by atoms with Gasteiger partial charge in [-0.3, -0.25) is 0 Å². The first kappa shape index (κ1) is 17.1. The smallest absolute Gasteiger partial charge is 0.343 e. The summed E-state index contributed by atoms with van der Waals surface area (Å²) < 4.78 is 11.1. The summed E-state index contributed by atoms with van der Waals surface area (Å²) in [6, 6.07) is 14.5. The lowest BCUT2D eigenvalue weighted by atomic mass is 10.1. The molecule has 3 heteroatoms. The highest BCUT2D eigenvalue weighted by Gasteiger charge is 2.09. The van der Waals surface area contributed by atoms with Crippen LogP contribution in [0.15, 0.2) is 48.5 Å². The second-order valence-electron chi connectivity index (χ2n) is 5.72. The van der Waals surface area contributed by atoms with Crippen LogP contribution in [0.3, 0.4) is 0 Å². The van der Waals surface area contributed by atoms with E-state index >= 15 is 0 Å². The quantitative estimate of drug-likeness (QED) is 0.531. The molecule has 0 aliphatic carbocycles. The maximum absolute atomic E-state index is 12.1. The number of hydrogen-bond acceptors (Lipinski definition) is 3. The molecule has 0 heterocycles. The van der Waals surface area contributed by atoms with Crippen LogP contribution >= 0.6 is 0 Å². The van der Waals surface area contributed by atoms with Crippen LogP contribution in [0.1, 0.15) is 42.6 Å². The van der Waals surface area contributed by atoms with Gasteiger partial charge in [0.05, 0.1) is 12.2 Å². The van der Waals surface area contributed by atoms with E-state index < -0.39 is 0 Å². The molecule has 3 nitrogen and oxygen atoms in total. The molecule has 0 N–H and O–H groups in total. The summed E-state index contributed by atoms with van der Waals surface area (Å²) in [5.41, 5.74) is 1.64. The van der Waals surface area contributed by atoms with Gasteiger partial charge in [0.1, 0.15) is 11.5 Å². The van der Waals surface area contributed by atoms with Crippen molar-refractivity contribution in [2.45, 2.75) is 33.6 Å². The summed E-state index contributed by atoms with van der Waals surface area (Å²) in [4.78, 5) is 12.1. The van der Waals surface area contributed by atoms with Crippen LogP contribution in [0, 0.1) is 12.8 Å². The van der Waals surface area contributed by atoms with Crippen molar-refractivity contribution >= 4 is 5.97 Å². The Morgan fingerprint density at radius 3 is 2.04 bits per heavy atom. The Hall–Kier alpha value is -2.29. The third-order valence-corrected chi connectivity index (χ3v) is 3.96. The van der Waals surface area contributed by atoms with Gasteiger partial charge >= 0.3 is 5.97 Å². The van der Waals surface area contributed by atoms with E-state index in [4.69, 9.17) is 9.47 Å². The summed E-state index contributed by atoms with van der Waals surface area (Å²) in [5.74, 6) is 1.54. The Morgan fingerprint density at radius 1 is 0.913 bits per heavy atom. The van der Waals surface area contributed by atoms with Gasteiger partial charge in [-0.15, -0.1) is 0 Å². The molecule has 0 unspecified atom stereocenters. The van der Waals surface area contributed by atoms with E-state index in [9.17, 15) is 4.79 Å². The normalized spacial score (nSPS) is 10.6. The molecule has 0 atom stereocenters. The van der Waals surface area contributed by atoms with Crippen molar-refractivity contribution in [3.05, 3.63) is 59.7 Å². The Kier molecular flexibility index (Phi) is 6.21. The van der Waals surface area contributed by atoms with Crippen LogP contribution in [0.4, 0.5) is 0 Å². The minimum absolute atomic E-state index is 0.361. The highest BCUT2D eigenvalue weighted by molar-refractivity contribution is 5.91. The lowest BCUT2D eigenvalue weighted by molar-refractivity contribution is 0.0734. The van der Waals surface area contributed by atoms with E-state index in [0.717, 1.165) is 24.2 Å². The van der Waals surface area contributed by atoms with E-state index in [1.807, 2.05) is 31.2 Å². The average molecular weight is 312 g/mol. The number of benzene rings is 2. The molecule has 0 amide bonds. The number of ether oxygens (including phenoxy) is 2. The second kappa shape index (κ2) is 8.37. The Balaban J connectivity index is 1.93. The molecule has 2 rings (SSSR count). The van der Waals surface area contributed by atoms with Crippen molar-refractivity contribution in [1.29, 1.82) is 0 Å². The van der Waals surface area contributed by atoms with E-state index in [1.165, 1.54) is 0 Å². The molecule has 2 aromatic rings. The van der Waals surface area contributed by atoms with Gasteiger partial charge in [-0.2, -0.15) is 0 Å². The van der Waals surface area contributed by atoms with Crippen molar-refractivity contribution in [1.82, 2.24) is 0 Å². The zero-order valence-electron chi connectivity index (χ0n) is 14.0. The number of carbonyl (C=O) groups excluding carboxylic acids is 1. The van der Waals surface area contributed by atoms with Gasteiger partial charge in [-0.1, -0.05) is 44.4 Å². The van der Waals surface area contributed by atoms with Crippen LogP contribution in [0.2, 0.25) is 0 Å². The van der Waals surface area contributed by atoms with E-state index in [-0.39, 0.29) is 5.97 Å². The highest BCUT2D eigenvalue weighted by Crippen LogP contribution is 2.18. The summed E-state index contributed by atoms with van der Waals surface area (Å²) in [6.45, 7) is 7.04. The van der Waals surface area contributed by atoms with Crippen LogP contribution in [-0.2, 0) is 0 Å². The summed E-state index contributed by atoms with van der Waals surface area (Å²) in [5, 5.41) is 0. The van der Waals surface area contributed by atoms with Crippen LogP contribution in [0.5, 0.6) is 11.5 Å². The average Bonchev–Trinajstić information content (AvgIpc) is 2.58. The molecule has 0 aliphatic heterocycles. The molecule has 122 valence electrons. The summed E-state index contributed by atoms with van der Waals surface area (Å²) in [6.07, 6.45) is 2.22.